The number of aromatic nitrogens is 1. The number of hydrogen-bond acceptors (Lipinski definition) is 4. The highest BCUT2D eigenvalue weighted by molar-refractivity contribution is 7.80. The molecule has 3 N–H and O–H groups in total. The monoisotopic (exact) mass is 344 g/mol. The smallest absolute Gasteiger partial charge is 0.218 e. The Balaban J connectivity index is 1.85. The number of fused-ring (bicyclic) bond motifs is 1. The second kappa shape index (κ2) is 6.63. The third-order valence-corrected chi connectivity index (χ3v) is 3.51. The Labute approximate surface area is 142 Å². The molecular formula is C16H13FN4O2S. The Morgan fingerprint density at radius 1 is 1.25 bits per heavy atom. The van der Waals surface area contributed by atoms with Crippen LogP contribution in [0.5, 0.6) is 11.6 Å². The molecule has 3 rings (SSSR count). The minimum absolute atomic E-state index is 0.0738. The van der Waals surface area contributed by atoms with Crippen LogP contribution in [-0.4, -0.2) is 22.3 Å². The normalized spacial score (nSPS) is 11.1. The van der Waals surface area contributed by atoms with Crippen molar-refractivity contribution < 1.29 is 14.2 Å². The zero-order chi connectivity index (χ0) is 17.1. The average Bonchev–Trinajstić information content (AvgIpc) is 2.90. The van der Waals surface area contributed by atoms with Gasteiger partial charge < -0.3 is 20.1 Å². The Kier molecular flexibility index (Phi) is 4.39. The summed E-state index contributed by atoms with van der Waals surface area (Å²) in [6, 6.07) is 11.6. The van der Waals surface area contributed by atoms with E-state index in [9.17, 15) is 9.50 Å². The Hall–Kier alpha value is -3.00. The number of benzene rings is 2. The van der Waals surface area contributed by atoms with E-state index in [1.165, 1.54) is 12.1 Å². The van der Waals surface area contributed by atoms with Crippen molar-refractivity contribution in [3.63, 3.8) is 0 Å². The maximum atomic E-state index is 13.7. The molecule has 0 fully saturated rings. The number of azo groups is 1. The van der Waals surface area contributed by atoms with Crippen LogP contribution >= 0.6 is 12.2 Å². The number of H-pyrrole nitrogens is 1. The van der Waals surface area contributed by atoms with Gasteiger partial charge in [0.1, 0.15) is 11.6 Å². The number of hydrogen-bond donors (Lipinski definition) is 3. The summed E-state index contributed by atoms with van der Waals surface area (Å²) in [7, 11) is 1.55. The van der Waals surface area contributed by atoms with Gasteiger partial charge in [0.15, 0.2) is 5.69 Å². The number of aromatic amines is 1. The van der Waals surface area contributed by atoms with Crippen LogP contribution in [0.3, 0.4) is 0 Å². The number of nitrogens with one attached hydrogen (secondary N) is 2. The van der Waals surface area contributed by atoms with Crippen LogP contribution < -0.4 is 10.1 Å². The van der Waals surface area contributed by atoms with Gasteiger partial charge in [-0.15, -0.1) is 10.2 Å². The molecule has 0 bridgehead atoms. The van der Waals surface area contributed by atoms with E-state index >= 15 is 0 Å². The second-order valence-electron chi connectivity index (χ2n) is 4.82. The summed E-state index contributed by atoms with van der Waals surface area (Å²) < 4.78 is 18.9. The fraction of sp³-hybridized carbons (Fsp3) is 0.0625. The molecule has 0 spiro atoms. The lowest BCUT2D eigenvalue weighted by Crippen LogP contribution is -2.06. The molecule has 0 aliphatic carbocycles. The van der Waals surface area contributed by atoms with Crippen LogP contribution in [0.25, 0.3) is 10.9 Å². The molecule has 1 aromatic heterocycles. The topological polar surface area (TPSA) is 82.0 Å². The van der Waals surface area contributed by atoms with E-state index in [2.05, 4.69) is 20.5 Å². The quantitative estimate of drug-likeness (QED) is 0.482. The number of rotatable bonds is 3. The summed E-state index contributed by atoms with van der Waals surface area (Å²) in [4.78, 5) is 2.53. The minimum atomic E-state index is -0.487. The van der Waals surface area contributed by atoms with E-state index in [0.717, 1.165) is 0 Å². The molecule has 2 aromatic carbocycles. The predicted octanol–water partition coefficient (Wildman–Crippen LogP) is 4.50. The van der Waals surface area contributed by atoms with Crippen molar-refractivity contribution in [1.29, 1.82) is 0 Å². The summed E-state index contributed by atoms with van der Waals surface area (Å²) in [5, 5.41) is 21.0. The number of para-hydroxylation sites is 3. The zero-order valence-electron chi connectivity index (χ0n) is 12.6. The third kappa shape index (κ3) is 3.04. The van der Waals surface area contributed by atoms with Gasteiger partial charge in [-0.1, -0.05) is 24.3 Å². The Morgan fingerprint density at radius 3 is 2.83 bits per heavy atom. The highest BCUT2D eigenvalue weighted by Crippen LogP contribution is 2.36. The molecule has 0 aliphatic rings. The Morgan fingerprint density at radius 2 is 2.04 bits per heavy atom. The molecule has 0 aliphatic heterocycles. The number of ether oxygens (including phenoxy) is 1. The number of anilines is 1. The van der Waals surface area contributed by atoms with Crippen LogP contribution in [0.15, 0.2) is 52.7 Å². The lowest BCUT2D eigenvalue weighted by molar-refractivity contribution is 0.417. The van der Waals surface area contributed by atoms with Gasteiger partial charge in [-0.25, -0.2) is 4.39 Å². The van der Waals surface area contributed by atoms with Crippen molar-refractivity contribution in [3.8, 4) is 11.6 Å². The molecular weight excluding hydrogens is 331 g/mol. The molecule has 24 heavy (non-hydrogen) atoms. The summed E-state index contributed by atoms with van der Waals surface area (Å²) in [6.07, 6.45) is 0. The molecule has 8 heteroatoms. The molecule has 122 valence electrons. The van der Waals surface area contributed by atoms with E-state index in [1.54, 1.807) is 25.3 Å². The van der Waals surface area contributed by atoms with Gasteiger partial charge in [0.25, 0.3) is 0 Å². The van der Waals surface area contributed by atoms with E-state index in [4.69, 9.17) is 17.0 Å². The first-order valence-corrected chi connectivity index (χ1v) is 7.36. The lowest BCUT2D eigenvalue weighted by atomic mass is 10.2. The zero-order valence-corrected chi connectivity index (χ0v) is 13.4. The number of methoxy groups -OCH3 is 1. The van der Waals surface area contributed by atoms with E-state index in [0.29, 0.717) is 16.8 Å². The highest BCUT2D eigenvalue weighted by atomic mass is 32.1. The summed E-state index contributed by atoms with van der Waals surface area (Å²) in [5.41, 5.74) is 0.916. The van der Waals surface area contributed by atoms with E-state index < -0.39 is 5.82 Å². The van der Waals surface area contributed by atoms with Gasteiger partial charge in [-0.3, -0.25) is 0 Å². The van der Waals surface area contributed by atoms with E-state index in [1.807, 2.05) is 12.1 Å². The van der Waals surface area contributed by atoms with Crippen LogP contribution in [0.4, 0.5) is 15.8 Å². The maximum Gasteiger partial charge on any atom is 0.218 e. The largest absolute Gasteiger partial charge is 0.495 e. The lowest BCUT2D eigenvalue weighted by Gasteiger charge is -2.08. The molecule has 6 nitrogen and oxygen atoms in total. The van der Waals surface area contributed by atoms with Crippen molar-refractivity contribution in [2.24, 2.45) is 10.2 Å². The van der Waals surface area contributed by atoms with Gasteiger partial charge in [-0.2, -0.15) is 0 Å². The average molecular weight is 344 g/mol. The van der Waals surface area contributed by atoms with Crippen molar-refractivity contribution >= 4 is 39.6 Å². The summed E-state index contributed by atoms with van der Waals surface area (Å²) in [5.74, 6) is -0.162. The molecule has 3 aromatic rings. The molecule has 0 amide bonds. The molecule has 0 atom stereocenters. The minimum Gasteiger partial charge on any atom is -0.495 e. The van der Waals surface area contributed by atoms with Crippen LogP contribution in [-0.2, 0) is 0 Å². The maximum absolute atomic E-state index is 13.7. The highest BCUT2D eigenvalue weighted by Gasteiger charge is 2.13. The summed E-state index contributed by atoms with van der Waals surface area (Å²) >= 11 is 5.12. The van der Waals surface area contributed by atoms with Crippen LogP contribution in [0.1, 0.15) is 0 Å². The van der Waals surface area contributed by atoms with E-state index in [-0.39, 0.29) is 22.2 Å². The number of aromatic hydroxyl groups is 1. The molecule has 0 saturated carbocycles. The molecule has 0 saturated heterocycles. The first-order valence-electron chi connectivity index (χ1n) is 6.95. The first-order chi connectivity index (χ1) is 11.6. The molecule has 0 radical (unpaired) electrons. The van der Waals surface area contributed by atoms with Gasteiger partial charge >= 0.3 is 0 Å². The fourth-order valence-corrected chi connectivity index (χ4v) is 2.39. The van der Waals surface area contributed by atoms with Crippen molar-refractivity contribution in [2.45, 2.75) is 0 Å². The Bertz CT molecular complexity index is 939. The SMILES string of the molecule is COc1ccccc1NC(=S)N=Nc1c(O)[nH]c2c(F)cccc12. The van der Waals surface area contributed by atoms with Gasteiger partial charge in [0.2, 0.25) is 11.0 Å². The molecule has 1 heterocycles. The van der Waals surface area contributed by atoms with Gasteiger partial charge in [0.05, 0.1) is 18.3 Å². The van der Waals surface area contributed by atoms with Crippen molar-refractivity contribution in [3.05, 3.63) is 48.3 Å². The second-order valence-corrected chi connectivity index (χ2v) is 5.20. The standard InChI is InChI=1S/C16H13FN4O2S/c1-23-12-8-3-2-7-11(12)18-16(24)21-20-14-9-5-4-6-10(17)13(9)19-15(14)22/h2-8,19,22H,1H3,(H,18,24). The number of halogens is 1. The third-order valence-electron chi connectivity index (χ3n) is 3.33. The van der Waals surface area contributed by atoms with Crippen molar-refractivity contribution in [2.75, 3.05) is 12.4 Å². The van der Waals surface area contributed by atoms with Gasteiger partial charge in [0, 0.05) is 5.39 Å². The molecule has 0 unspecified atom stereocenters. The summed E-state index contributed by atoms with van der Waals surface area (Å²) in [6.45, 7) is 0. The van der Waals surface area contributed by atoms with Crippen LogP contribution in [0, 0.1) is 5.82 Å². The van der Waals surface area contributed by atoms with Crippen LogP contribution in [0.2, 0.25) is 0 Å². The number of nitrogens with zero attached hydrogens (tertiary/aromatic N) is 2. The van der Waals surface area contributed by atoms with Crippen molar-refractivity contribution in [1.82, 2.24) is 4.98 Å². The first kappa shape index (κ1) is 15.9. The fourth-order valence-electron chi connectivity index (χ4n) is 2.24. The predicted molar refractivity (Wildman–Crippen MR) is 93.7 cm³/mol. The van der Waals surface area contributed by atoms with Gasteiger partial charge in [-0.05, 0) is 30.4 Å². The number of thiocarbonyl (C=S) groups is 1.